The van der Waals surface area contributed by atoms with Crippen LogP contribution in [0.5, 0.6) is 0 Å². The van der Waals surface area contributed by atoms with Crippen molar-refractivity contribution in [3.63, 3.8) is 0 Å². The molecular formula is C19H22N2O2. The van der Waals surface area contributed by atoms with Gasteiger partial charge in [0, 0.05) is 31.3 Å². The van der Waals surface area contributed by atoms with Gasteiger partial charge < -0.3 is 9.64 Å². The van der Waals surface area contributed by atoms with Gasteiger partial charge in [0.15, 0.2) is 0 Å². The fraction of sp³-hybridized carbons (Fsp3) is 0.474. The van der Waals surface area contributed by atoms with Crippen molar-refractivity contribution >= 4 is 16.8 Å². The number of hydrogen-bond acceptors (Lipinski definition) is 3. The van der Waals surface area contributed by atoms with Crippen LogP contribution in [0.3, 0.4) is 0 Å². The van der Waals surface area contributed by atoms with Gasteiger partial charge in [0.05, 0.1) is 17.2 Å². The Morgan fingerprint density at radius 2 is 2.00 bits per heavy atom. The van der Waals surface area contributed by atoms with Gasteiger partial charge >= 0.3 is 0 Å². The summed E-state index contributed by atoms with van der Waals surface area (Å²) in [5.74, 6) is 0.177. The number of pyridine rings is 1. The lowest BCUT2D eigenvalue weighted by Crippen LogP contribution is -2.41. The Morgan fingerprint density at radius 3 is 2.78 bits per heavy atom. The number of benzene rings is 1. The lowest BCUT2D eigenvalue weighted by molar-refractivity contribution is 0.0351. The monoisotopic (exact) mass is 310 g/mol. The number of aryl methyl sites for hydroxylation is 1. The number of nitrogens with zero attached hydrogens (tertiary/aromatic N) is 2. The summed E-state index contributed by atoms with van der Waals surface area (Å²) >= 11 is 0. The van der Waals surface area contributed by atoms with E-state index in [0.29, 0.717) is 6.10 Å². The lowest BCUT2D eigenvalue weighted by Gasteiger charge is -2.32. The number of amides is 1. The molecule has 0 unspecified atom stereocenters. The van der Waals surface area contributed by atoms with E-state index in [4.69, 9.17) is 9.72 Å². The SMILES string of the molecule is COC1CCN(C(=O)c2c3c(nc4ccccc24)CCC3)CC1. The minimum Gasteiger partial charge on any atom is -0.381 e. The molecule has 0 bridgehead atoms. The highest BCUT2D eigenvalue weighted by atomic mass is 16.5. The van der Waals surface area contributed by atoms with E-state index in [0.717, 1.165) is 67.4 Å². The van der Waals surface area contributed by atoms with Gasteiger partial charge in [0.25, 0.3) is 5.91 Å². The zero-order valence-corrected chi connectivity index (χ0v) is 13.5. The topological polar surface area (TPSA) is 42.4 Å². The first kappa shape index (κ1) is 14.6. The van der Waals surface area contributed by atoms with Crippen molar-refractivity contribution in [2.75, 3.05) is 20.2 Å². The molecule has 0 N–H and O–H groups in total. The van der Waals surface area contributed by atoms with E-state index in [1.54, 1.807) is 7.11 Å². The van der Waals surface area contributed by atoms with Crippen molar-refractivity contribution in [3.8, 4) is 0 Å². The van der Waals surface area contributed by atoms with Crippen molar-refractivity contribution in [1.29, 1.82) is 0 Å². The maximum atomic E-state index is 13.2. The van der Waals surface area contributed by atoms with Crippen LogP contribution >= 0.6 is 0 Å². The zero-order chi connectivity index (χ0) is 15.8. The summed E-state index contributed by atoms with van der Waals surface area (Å²) in [6.45, 7) is 1.56. The van der Waals surface area contributed by atoms with Crippen LogP contribution < -0.4 is 0 Å². The fourth-order valence-corrected chi connectivity index (χ4v) is 3.91. The predicted octanol–water partition coefficient (Wildman–Crippen LogP) is 2.97. The molecule has 1 aliphatic heterocycles. The van der Waals surface area contributed by atoms with Gasteiger partial charge in [-0.25, -0.2) is 0 Å². The molecule has 2 aromatic rings. The molecule has 1 aromatic heterocycles. The molecule has 1 amide bonds. The summed E-state index contributed by atoms with van der Waals surface area (Å²) in [5, 5.41) is 1.01. The Hall–Kier alpha value is -1.94. The third-order valence-electron chi connectivity index (χ3n) is 5.20. The highest BCUT2D eigenvalue weighted by Crippen LogP contribution is 2.31. The maximum absolute atomic E-state index is 13.2. The highest BCUT2D eigenvalue weighted by Gasteiger charge is 2.29. The summed E-state index contributed by atoms with van der Waals surface area (Å²) < 4.78 is 5.42. The van der Waals surface area contributed by atoms with Crippen LogP contribution in [0.1, 0.15) is 40.9 Å². The second-order valence-electron chi connectivity index (χ2n) is 6.51. The van der Waals surface area contributed by atoms with E-state index >= 15 is 0 Å². The van der Waals surface area contributed by atoms with Crippen LogP contribution in [0.2, 0.25) is 0 Å². The first-order valence-electron chi connectivity index (χ1n) is 8.50. The number of likely N-dealkylation sites (tertiary alicyclic amines) is 1. The van der Waals surface area contributed by atoms with Gasteiger partial charge in [-0.15, -0.1) is 0 Å². The largest absolute Gasteiger partial charge is 0.381 e. The summed E-state index contributed by atoms with van der Waals surface area (Å²) in [5.41, 5.74) is 4.16. The van der Waals surface area contributed by atoms with E-state index < -0.39 is 0 Å². The second-order valence-corrected chi connectivity index (χ2v) is 6.51. The summed E-state index contributed by atoms with van der Waals surface area (Å²) in [4.78, 5) is 20.0. The number of para-hydroxylation sites is 1. The molecule has 1 aromatic carbocycles. The number of carbonyl (C=O) groups is 1. The molecule has 23 heavy (non-hydrogen) atoms. The third kappa shape index (κ3) is 2.51. The minimum atomic E-state index is 0.177. The Kier molecular flexibility index (Phi) is 3.77. The number of aromatic nitrogens is 1. The standard InChI is InChI=1S/C19H22N2O2/c1-23-13-9-11-21(12-10-13)19(22)18-14-5-2-3-7-16(14)20-17-8-4-6-15(17)18/h2-3,5,7,13H,4,6,8-12H2,1H3. The molecule has 0 spiro atoms. The summed E-state index contributed by atoms with van der Waals surface area (Å²) in [7, 11) is 1.76. The van der Waals surface area contributed by atoms with Gasteiger partial charge in [-0.3, -0.25) is 9.78 Å². The molecule has 2 aliphatic rings. The Balaban J connectivity index is 1.75. The molecule has 2 heterocycles. The average Bonchev–Trinajstić information content (AvgIpc) is 3.07. The van der Waals surface area contributed by atoms with Crippen molar-refractivity contribution in [1.82, 2.24) is 9.88 Å². The van der Waals surface area contributed by atoms with Gasteiger partial charge in [0.1, 0.15) is 0 Å². The number of hydrogen-bond donors (Lipinski definition) is 0. The smallest absolute Gasteiger partial charge is 0.254 e. The summed E-state index contributed by atoms with van der Waals surface area (Å²) in [6, 6.07) is 8.05. The minimum absolute atomic E-state index is 0.177. The zero-order valence-electron chi connectivity index (χ0n) is 13.5. The van der Waals surface area contributed by atoms with E-state index in [1.165, 1.54) is 5.56 Å². The molecule has 0 radical (unpaired) electrons. The predicted molar refractivity (Wildman–Crippen MR) is 89.7 cm³/mol. The second kappa shape index (κ2) is 5.93. The van der Waals surface area contributed by atoms with E-state index in [9.17, 15) is 4.79 Å². The van der Waals surface area contributed by atoms with Crippen molar-refractivity contribution < 1.29 is 9.53 Å². The van der Waals surface area contributed by atoms with E-state index in [-0.39, 0.29) is 5.91 Å². The first-order valence-corrected chi connectivity index (χ1v) is 8.50. The molecule has 0 atom stereocenters. The molecule has 4 nitrogen and oxygen atoms in total. The van der Waals surface area contributed by atoms with Gasteiger partial charge in [-0.1, -0.05) is 18.2 Å². The molecule has 0 saturated carbocycles. The molecule has 4 rings (SSSR count). The van der Waals surface area contributed by atoms with Gasteiger partial charge in [0.2, 0.25) is 0 Å². The lowest BCUT2D eigenvalue weighted by atomic mass is 9.98. The van der Waals surface area contributed by atoms with Crippen molar-refractivity contribution in [2.45, 2.75) is 38.2 Å². The van der Waals surface area contributed by atoms with Crippen molar-refractivity contribution in [3.05, 3.63) is 41.1 Å². The maximum Gasteiger partial charge on any atom is 0.254 e. The van der Waals surface area contributed by atoms with E-state index in [1.807, 2.05) is 29.2 Å². The fourth-order valence-electron chi connectivity index (χ4n) is 3.91. The van der Waals surface area contributed by atoms with Crippen LogP contribution in [-0.2, 0) is 17.6 Å². The van der Waals surface area contributed by atoms with E-state index in [2.05, 4.69) is 0 Å². The van der Waals surface area contributed by atoms with Crippen LogP contribution in [-0.4, -0.2) is 42.1 Å². The van der Waals surface area contributed by atoms with Gasteiger partial charge in [-0.05, 0) is 43.7 Å². The summed E-state index contributed by atoms with van der Waals surface area (Å²) in [6.07, 6.45) is 5.21. The number of rotatable bonds is 2. The Bertz CT molecular complexity index is 748. The average molecular weight is 310 g/mol. The number of carbonyl (C=O) groups excluding carboxylic acids is 1. The van der Waals surface area contributed by atoms with Crippen LogP contribution in [0.4, 0.5) is 0 Å². The molecule has 1 aliphatic carbocycles. The highest BCUT2D eigenvalue weighted by molar-refractivity contribution is 6.07. The normalized spacial score (nSPS) is 18.4. The molecule has 120 valence electrons. The van der Waals surface area contributed by atoms with Crippen molar-refractivity contribution in [2.24, 2.45) is 0 Å². The van der Waals surface area contributed by atoms with Crippen LogP contribution in [0.15, 0.2) is 24.3 Å². The van der Waals surface area contributed by atoms with Crippen LogP contribution in [0.25, 0.3) is 10.9 Å². The number of fused-ring (bicyclic) bond motifs is 2. The number of methoxy groups -OCH3 is 1. The van der Waals surface area contributed by atoms with Gasteiger partial charge in [-0.2, -0.15) is 0 Å². The first-order chi connectivity index (χ1) is 11.3. The molecule has 4 heteroatoms. The number of ether oxygens (including phenoxy) is 1. The number of piperidine rings is 1. The molecule has 1 fully saturated rings. The third-order valence-corrected chi connectivity index (χ3v) is 5.20. The van der Waals surface area contributed by atoms with Crippen LogP contribution in [0, 0.1) is 0 Å². The Morgan fingerprint density at radius 1 is 1.22 bits per heavy atom. The molecule has 1 saturated heterocycles. The quantitative estimate of drug-likeness (QED) is 0.856. The molecular weight excluding hydrogens is 288 g/mol. The Labute approximate surface area is 136 Å².